The minimum atomic E-state index is -3.90. The minimum absolute atomic E-state index is 0.183. The van der Waals surface area contributed by atoms with Crippen molar-refractivity contribution in [1.82, 2.24) is 14.2 Å². The SMILES string of the molecule is CC(C)(C)OC(=O)N1CCN(Cc2oc(S(=O)(=O)N[Si](C)(C)C(C)(C)C)cc2C(C)(C)O)CC1. The summed E-state index contributed by atoms with van der Waals surface area (Å²) in [6.07, 6.45) is -0.340. The van der Waals surface area contributed by atoms with E-state index in [0.29, 0.717) is 44.0 Å². The number of nitrogens with zero attached hydrogens (tertiary/aromatic N) is 2. The van der Waals surface area contributed by atoms with Crippen LogP contribution in [0.5, 0.6) is 0 Å². The van der Waals surface area contributed by atoms with Crippen LogP contribution in [0.2, 0.25) is 18.1 Å². The fourth-order valence-electron chi connectivity index (χ4n) is 3.33. The summed E-state index contributed by atoms with van der Waals surface area (Å²) in [4.78, 5) is 16.1. The van der Waals surface area contributed by atoms with Crippen molar-refractivity contribution < 1.29 is 27.5 Å². The summed E-state index contributed by atoms with van der Waals surface area (Å²) in [6.45, 7) is 21.2. The number of hydrogen-bond donors (Lipinski definition) is 2. The molecule has 0 unspecified atom stereocenters. The van der Waals surface area contributed by atoms with E-state index in [2.05, 4.69) is 9.29 Å². The average molecular weight is 518 g/mol. The van der Waals surface area contributed by atoms with E-state index < -0.39 is 29.5 Å². The topological polar surface area (TPSA) is 112 Å². The zero-order valence-corrected chi connectivity index (χ0v) is 24.2. The van der Waals surface area contributed by atoms with E-state index in [9.17, 15) is 18.3 Å². The van der Waals surface area contributed by atoms with Gasteiger partial charge in [0.25, 0.3) is 10.0 Å². The van der Waals surface area contributed by atoms with Crippen molar-refractivity contribution in [2.24, 2.45) is 0 Å². The van der Waals surface area contributed by atoms with Crippen LogP contribution >= 0.6 is 0 Å². The molecule has 0 aliphatic carbocycles. The first-order chi connectivity index (χ1) is 15.1. The van der Waals surface area contributed by atoms with Gasteiger partial charge in [0.2, 0.25) is 5.09 Å². The minimum Gasteiger partial charge on any atom is -0.446 e. The molecule has 0 saturated carbocycles. The molecular formula is C23H43N3O6SSi. The Balaban J connectivity index is 2.20. The summed E-state index contributed by atoms with van der Waals surface area (Å²) in [5.41, 5.74) is -1.38. The van der Waals surface area contributed by atoms with Crippen LogP contribution in [0.1, 0.15) is 66.7 Å². The van der Waals surface area contributed by atoms with Gasteiger partial charge in [0, 0.05) is 37.8 Å². The number of ether oxygens (including phenoxy) is 1. The molecule has 1 aromatic rings. The number of carbonyl (C=O) groups excluding carboxylic acids is 1. The second kappa shape index (κ2) is 9.57. The highest BCUT2D eigenvalue weighted by Gasteiger charge is 2.41. The largest absolute Gasteiger partial charge is 0.446 e. The highest BCUT2D eigenvalue weighted by Crippen LogP contribution is 2.36. The Kier molecular flexibility index (Phi) is 8.11. The molecule has 1 aliphatic heterocycles. The maximum atomic E-state index is 13.2. The Bertz CT molecular complexity index is 976. The molecule has 0 aromatic carbocycles. The van der Waals surface area contributed by atoms with Gasteiger partial charge < -0.3 is 19.2 Å². The van der Waals surface area contributed by atoms with Gasteiger partial charge in [-0.25, -0.2) is 17.6 Å². The average Bonchev–Trinajstić information content (AvgIpc) is 3.04. The molecule has 0 atom stereocenters. The van der Waals surface area contributed by atoms with Crippen LogP contribution in [0.4, 0.5) is 4.79 Å². The third-order valence-corrected chi connectivity index (χ3v) is 14.0. The van der Waals surface area contributed by atoms with E-state index in [0.717, 1.165) is 0 Å². The lowest BCUT2D eigenvalue weighted by Crippen LogP contribution is -2.54. The second-order valence-electron chi connectivity index (χ2n) is 12.2. The Labute approximate surface area is 206 Å². The molecule has 1 saturated heterocycles. The number of piperazine rings is 1. The van der Waals surface area contributed by atoms with Crippen molar-refractivity contribution in [2.75, 3.05) is 26.2 Å². The maximum Gasteiger partial charge on any atom is 0.410 e. The van der Waals surface area contributed by atoms with Crippen LogP contribution in [-0.4, -0.2) is 69.4 Å². The van der Waals surface area contributed by atoms with Crippen LogP contribution < -0.4 is 4.39 Å². The van der Waals surface area contributed by atoms with Gasteiger partial charge in [-0.2, -0.15) is 0 Å². The number of furan rings is 1. The third-order valence-electron chi connectivity index (χ3n) is 6.37. The van der Waals surface area contributed by atoms with Crippen molar-refractivity contribution in [2.45, 2.75) is 96.4 Å². The van der Waals surface area contributed by atoms with Gasteiger partial charge >= 0.3 is 6.09 Å². The number of rotatable bonds is 6. The normalized spacial score (nSPS) is 17.2. The summed E-state index contributed by atoms with van der Waals surface area (Å²) < 4.78 is 40.6. The first kappa shape index (κ1) is 28.8. The Morgan fingerprint density at radius 3 is 2.06 bits per heavy atom. The van der Waals surface area contributed by atoms with E-state index in [1.54, 1.807) is 18.7 Å². The molecular weight excluding hydrogens is 474 g/mol. The predicted octanol–water partition coefficient (Wildman–Crippen LogP) is 3.84. The van der Waals surface area contributed by atoms with Crippen LogP contribution in [-0.2, 0) is 26.9 Å². The van der Waals surface area contributed by atoms with Crippen molar-refractivity contribution in [3.8, 4) is 0 Å². The van der Waals surface area contributed by atoms with E-state index in [1.807, 2.05) is 54.6 Å². The van der Waals surface area contributed by atoms with Gasteiger partial charge in [0.15, 0.2) is 0 Å². The monoisotopic (exact) mass is 517 g/mol. The zero-order valence-electron chi connectivity index (χ0n) is 22.4. The number of nitrogens with one attached hydrogen (secondary N) is 1. The quantitative estimate of drug-likeness (QED) is 0.551. The van der Waals surface area contributed by atoms with Crippen LogP contribution in [0.3, 0.4) is 0 Å². The van der Waals surface area contributed by atoms with Gasteiger partial charge in [-0.15, -0.1) is 0 Å². The lowest BCUT2D eigenvalue weighted by molar-refractivity contribution is 0.0131. The molecule has 196 valence electrons. The summed E-state index contributed by atoms with van der Waals surface area (Å²) in [5.74, 6) is 0.411. The molecule has 2 rings (SSSR count). The van der Waals surface area contributed by atoms with Crippen LogP contribution in [0.15, 0.2) is 15.6 Å². The van der Waals surface area contributed by atoms with Crippen molar-refractivity contribution in [1.29, 1.82) is 0 Å². The van der Waals surface area contributed by atoms with Crippen LogP contribution in [0, 0.1) is 0 Å². The third kappa shape index (κ3) is 7.30. The van der Waals surface area contributed by atoms with E-state index >= 15 is 0 Å². The van der Waals surface area contributed by atoms with Crippen molar-refractivity contribution >= 4 is 24.4 Å². The lowest BCUT2D eigenvalue weighted by Gasteiger charge is -2.36. The fraction of sp³-hybridized carbons (Fsp3) is 0.783. The number of carbonyl (C=O) groups is 1. The second-order valence-corrected chi connectivity index (χ2v) is 19.2. The summed E-state index contributed by atoms with van der Waals surface area (Å²) in [7, 11) is -6.27. The molecule has 2 N–H and O–H groups in total. The van der Waals surface area contributed by atoms with Gasteiger partial charge in [0.1, 0.15) is 19.6 Å². The highest BCUT2D eigenvalue weighted by molar-refractivity contribution is 7.90. The molecule has 0 radical (unpaired) electrons. The number of hydrogen-bond acceptors (Lipinski definition) is 7. The standard InChI is InChI=1S/C23H43N3O6SSi/c1-21(2,3)32-20(27)26-13-11-25(12-14-26)16-18-17(23(7,8)28)15-19(31-18)33(29,30)24-34(9,10)22(4,5)6/h15,24,28H,11-14,16H2,1-10H3. The molecule has 0 bridgehead atoms. The number of amides is 1. The smallest absolute Gasteiger partial charge is 0.410 e. The maximum absolute atomic E-state index is 13.2. The Hall–Kier alpha value is -1.40. The molecule has 34 heavy (non-hydrogen) atoms. The fourth-order valence-corrected chi connectivity index (χ4v) is 8.13. The molecule has 1 aromatic heterocycles. The summed E-state index contributed by atoms with van der Waals surface area (Å²) in [5, 5.41) is 10.3. The molecule has 1 aliphatic rings. The lowest BCUT2D eigenvalue weighted by atomic mass is 9.98. The van der Waals surface area contributed by atoms with Gasteiger partial charge in [0.05, 0.1) is 12.1 Å². The summed E-state index contributed by atoms with van der Waals surface area (Å²) >= 11 is 0. The van der Waals surface area contributed by atoms with E-state index in [4.69, 9.17) is 9.15 Å². The molecule has 1 amide bonds. The Morgan fingerprint density at radius 2 is 1.62 bits per heavy atom. The number of sulfonamides is 1. The predicted molar refractivity (Wildman–Crippen MR) is 135 cm³/mol. The molecule has 9 nitrogen and oxygen atoms in total. The van der Waals surface area contributed by atoms with Gasteiger partial charge in [-0.05, 0) is 39.7 Å². The molecule has 0 spiro atoms. The molecule has 11 heteroatoms. The van der Waals surface area contributed by atoms with Gasteiger partial charge in [-0.3, -0.25) is 4.90 Å². The summed E-state index contributed by atoms with van der Waals surface area (Å²) in [6, 6.07) is 1.43. The Morgan fingerprint density at radius 1 is 1.09 bits per heavy atom. The van der Waals surface area contributed by atoms with Crippen molar-refractivity contribution in [3.63, 3.8) is 0 Å². The first-order valence-corrected chi connectivity index (χ1v) is 16.2. The van der Waals surface area contributed by atoms with Crippen LogP contribution in [0.25, 0.3) is 0 Å². The van der Waals surface area contributed by atoms with Gasteiger partial charge in [-0.1, -0.05) is 33.9 Å². The molecule has 1 fully saturated rings. The zero-order chi connectivity index (χ0) is 26.3. The van der Waals surface area contributed by atoms with Crippen molar-refractivity contribution in [3.05, 3.63) is 17.4 Å². The van der Waals surface area contributed by atoms with E-state index in [1.165, 1.54) is 6.07 Å². The van der Waals surface area contributed by atoms with E-state index in [-0.39, 0.29) is 16.2 Å². The first-order valence-electron chi connectivity index (χ1n) is 11.7. The molecule has 2 heterocycles. The highest BCUT2D eigenvalue weighted by atomic mass is 32.2. The number of aliphatic hydroxyl groups is 1.